The van der Waals surface area contributed by atoms with Crippen molar-refractivity contribution in [3.8, 4) is 0 Å². The van der Waals surface area contributed by atoms with Crippen molar-refractivity contribution < 1.29 is 0 Å². The van der Waals surface area contributed by atoms with Crippen LogP contribution in [0.4, 0.5) is 0 Å². The largest absolute Gasteiger partial charge is 0.311 e. The summed E-state index contributed by atoms with van der Waals surface area (Å²) in [4.78, 5) is 2.43. The Morgan fingerprint density at radius 2 is 2.00 bits per heavy atom. The van der Waals surface area contributed by atoms with E-state index in [0.29, 0.717) is 6.04 Å². The summed E-state index contributed by atoms with van der Waals surface area (Å²) in [6.45, 7) is 7.12. The van der Waals surface area contributed by atoms with Gasteiger partial charge in [0.05, 0.1) is 0 Å². The fraction of sp³-hybridized carbons (Fsp3) is 1.00. The van der Waals surface area contributed by atoms with Crippen molar-refractivity contribution in [2.24, 2.45) is 0 Å². The molecule has 0 aliphatic carbocycles. The van der Waals surface area contributed by atoms with Gasteiger partial charge in [0.2, 0.25) is 0 Å². The second-order valence-corrected chi connectivity index (χ2v) is 4.79. The molecule has 0 spiro atoms. The second kappa shape index (κ2) is 6.41. The van der Waals surface area contributed by atoms with Crippen LogP contribution in [0.2, 0.25) is 0 Å². The second-order valence-electron chi connectivity index (χ2n) is 4.79. The lowest BCUT2D eigenvalue weighted by molar-refractivity contribution is 0.224. The Morgan fingerprint density at radius 1 is 1.36 bits per heavy atom. The quantitative estimate of drug-likeness (QED) is 0.729. The molecule has 1 rings (SSSR count). The van der Waals surface area contributed by atoms with Crippen LogP contribution in [0, 0.1) is 0 Å². The third-order valence-corrected chi connectivity index (χ3v) is 3.23. The average Bonchev–Trinajstić information content (AvgIpc) is 2.18. The molecule has 0 amide bonds. The van der Waals surface area contributed by atoms with Gasteiger partial charge in [0.15, 0.2) is 0 Å². The zero-order valence-electron chi connectivity index (χ0n) is 10.1. The van der Waals surface area contributed by atoms with Crippen LogP contribution in [0.3, 0.4) is 0 Å². The van der Waals surface area contributed by atoms with Gasteiger partial charge < -0.3 is 10.2 Å². The zero-order valence-corrected chi connectivity index (χ0v) is 10.1. The normalized spacial score (nSPS) is 22.5. The highest BCUT2D eigenvalue weighted by molar-refractivity contribution is 4.77. The van der Waals surface area contributed by atoms with E-state index in [-0.39, 0.29) is 0 Å². The summed E-state index contributed by atoms with van der Waals surface area (Å²) in [5.74, 6) is 0. The van der Waals surface area contributed by atoms with Gasteiger partial charge in [-0.15, -0.1) is 0 Å². The molecular formula is C12H26N2. The van der Waals surface area contributed by atoms with Crippen LogP contribution in [0.5, 0.6) is 0 Å². The van der Waals surface area contributed by atoms with Crippen molar-refractivity contribution in [3.05, 3.63) is 0 Å². The molecule has 1 aliphatic heterocycles. The molecule has 1 heterocycles. The molecule has 1 saturated heterocycles. The van der Waals surface area contributed by atoms with Crippen LogP contribution in [0.25, 0.3) is 0 Å². The Labute approximate surface area is 89.1 Å². The van der Waals surface area contributed by atoms with Crippen molar-refractivity contribution in [2.45, 2.75) is 58.0 Å². The van der Waals surface area contributed by atoms with E-state index in [2.05, 4.69) is 31.1 Å². The summed E-state index contributed by atoms with van der Waals surface area (Å²) < 4.78 is 0. The Morgan fingerprint density at radius 3 is 2.57 bits per heavy atom. The standard InChI is InChI=1S/C12H26N2/c1-4-5-6-11(2)13-12-7-9-14(3)10-8-12/h11-13H,4-10H2,1-3H3. The maximum atomic E-state index is 3.75. The number of unbranched alkanes of at least 4 members (excludes halogenated alkanes) is 1. The Kier molecular flexibility index (Phi) is 5.49. The van der Waals surface area contributed by atoms with Crippen LogP contribution in [-0.2, 0) is 0 Å². The highest BCUT2D eigenvalue weighted by Gasteiger charge is 2.17. The SMILES string of the molecule is CCCCC(C)NC1CCN(C)CC1. The first-order valence-electron chi connectivity index (χ1n) is 6.17. The molecule has 0 aromatic rings. The molecule has 1 aliphatic rings. The number of hydrogen-bond acceptors (Lipinski definition) is 2. The third kappa shape index (κ3) is 4.43. The fourth-order valence-corrected chi connectivity index (χ4v) is 2.17. The van der Waals surface area contributed by atoms with E-state index in [1.807, 2.05) is 0 Å². The van der Waals surface area contributed by atoms with Gasteiger partial charge in [-0.3, -0.25) is 0 Å². The monoisotopic (exact) mass is 198 g/mol. The van der Waals surface area contributed by atoms with Gasteiger partial charge >= 0.3 is 0 Å². The molecule has 1 atom stereocenters. The van der Waals surface area contributed by atoms with E-state index < -0.39 is 0 Å². The number of likely N-dealkylation sites (tertiary alicyclic amines) is 1. The van der Waals surface area contributed by atoms with E-state index >= 15 is 0 Å². The van der Waals surface area contributed by atoms with Gasteiger partial charge in [-0.25, -0.2) is 0 Å². The number of hydrogen-bond donors (Lipinski definition) is 1. The number of rotatable bonds is 5. The summed E-state index contributed by atoms with van der Waals surface area (Å²) >= 11 is 0. The van der Waals surface area contributed by atoms with E-state index in [1.54, 1.807) is 0 Å². The van der Waals surface area contributed by atoms with Crippen molar-refractivity contribution in [1.82, 2.24) is 10.2 Å². The predicted molar refractivity (Wildman–Crippen MR) is 62.6 cm³/mol. The smallest absolute Gasteiger partial charge is 0.00938 e. The van der Waals surface area contributed by atoms with Crippen molar-refractivity contribution in [2.75, 3.05) is 20.1 Å². The minimum Gasteiger partial charge on any atom is -0.311 e. The highest BCUT2D eigenvalue weighted by atomic mass is 15.1. The van der Waals surface area contributed by atoms with Gasteiger partial charge in [0.1, 0.15) is 0 Å². The molecule has 2 heteroatoms. The van der Waals surface area contributed by atoms with Crippen LogP contribution in [0.15, 0.2) is 0 Å². The zero-order chi connectivity index (χ0) is 10.4. The molecule has 0 aromatic carbocycles. The van der Waals surface area contributed by atoms with Gasteiger partial charge in [-0.2, -0.15) is 0 Å². The van der Waals surface area contributed by atoms with Crippen LogP contribution in [0.1, 0.15) is 46.0 Å². The number of nitrogens with zero attached hydrogens (tertiary/aromatic N) is 1. The van der Waals surface area contributed by atoms with E-state index in [9.17, 15) is 0 Å². The Hall–Kier alpha value is -0.0800. The molecule has 0 aromatic heterocycles. The molecule has 0 saturated carbocycles. The van der Waals surface area contributed by atoms with Crippen molar-refractivity contribution >= 4 is 0 Å². The first-order chi connectivity index (χ1) is 6.72. The molecule has 14 heavy (non-hydrogen) atoms. The van der Waals surface area contributed by atoms with Gasteiger partial charge in [0.25, 0.3) is 0 Å². The lowest BCUT2D eigenvalue weighted by Gasteiger charge is -2.31. The number of nitrogens with one attached hydrogen (secondary N) is 1. The van der Waals surface area contributed by atoms with Gasteiger partial charge in [-0.1, -0.05) is 19.8 Å². The third-order valence-electron chi connectivity index (χ3n) is 3.23. The van der Waals surface area contributed by atoms with E-state index in [0.717, 1.165) is 6.04 Å². The van der Waals surface area contributed by atoms with Gasteiger partial charge in [-0.05, 0) is 46.3 Å². The maximum absolute atomic E-state index is 3.75. The minimum atomic E-state index is 0.711. The number of piperidine rings is 1. The molecule has 2 nitrogen and oxygen atoms in total. The van der Waals surface area contributed by atoms with Crippen LogP contribution >= 0.6 is 0 Å². The predicted octanol–water partition coefficient (Wildman–Crippen LogP) is 2.25. The fourth-order valence-electron chi connectivity index (χ4n) is 2.17. The first kappa shape index (κ1) is 12.0. The van der Waals surface area contributed by atoms with E-state index in [4.69, 9.17) is 0 Å². The molecule has 0 bridgehead atoms. The summed E-state index contributed by atoms with van der Waals surface area (Å²) in [7, 11) is 2.22. The first-order valence-corrected chi connectivity index (χ1v) is 6.17. The summed E-state index contributed by atoms with van der Waals surface area (Å²) in [6.07, 6.45) is 6.67. The molecular weight excluding hydrogens is 172 g/mol. The molecule has 1 fully saturated rings. The summed E-state index contributed by atoms with van der Waals surface area (Å²) in [6, 6.07) is 1.49. The van der Waals surface area contributed by atoms with Gasteiger partial charge in [0, 0.05) is 12.1 Å². The molecule has 1 unspecified atom stereocenters. The van der Waals surface area contributed by atoms with Crippen LogP contribution in [-0.4, -0.2) is 37.1 Å². The Bertz CT molecular complexity index is 139. The lowest BCUT2D eigenvalue weighted by Crippen LogP contribution is -2.44. The van der Waals surface area contributed by atoms with Crippen LogP contribution < -0.4 is 5.32 Å². The average molecular weight is 198 g/mol. The van der Waals surface area contributed by atoms with Crippen molar-refractivity contribution in [1.29, 1.82) is 0 Å². The Balaban J connectivity index is 2.10. The maximum Gasteiger partial charge on any atom is 0.00938 e. The highest BCUT2D eigenvalue weighted by Crippen LogP contribution is 2.10. The molecule has 0 radical (unpaired) electrons. The summed E-state index contributed by atoms with van der Waals surface area (Å²) in [5, 5.41) is 3.75. The topological polar surface area (TPSA) is 15.3 Å². The summed E-state index contributed by atoms with van der Waals surface area (Å²) in [5.41, 5.74) is 0. The minimum absolute atomic E-state index is 0.711. The molecule has 84 valence electrons. The van der Waals surface area contributed by atoms with E-state index in [1.165, 1.54) is 45.2 Å². The van der Waals surface area contributed by atoms with Crippen molar-refractivity contribution in [3.63, 3.8) is 0 Å². The lowest BCUT2D eigenvalue weighted by atomic mass is 10.0. The molecule has 1 N–H and O–H groups in total.